The maximum atomic E-state index is 3.39. The lowest BCUT2D eigenvalue weighted by molar-refractivity contribution is 0.765. The minimum Gasteiger partial charge on any atom is -0.309 e. The van der Waals surface area contributed by atoms with Crippen LogP contribution in [0.25, 0.3) is 11.1 Å². The van der Waals surface area contributed by atoms with Crippen LogP contribution in [0.3, 0.4) is 0 Å². The summed E-state index contributed by atoms with van der Waals surface area (Å²) >= 11 is 0. The van der Waals surface area contributed by atoms with Gasteiger partial charge < -0.3 is 5.32 Å². The molecule has 2 aromatic rings. The SMILES string of the molecule is Cc1ccc(-c2ccc3c(c2)CNC3)cc1C. The Kier molecular flexibility index (Phi) is 2.49. The van der Waals surface area contributed by atoms with Crippen LogP contribution in [0.15, 0.2) is 36.4 Å². The third-order valence-electron chi connectivity index (χ3n) is 3.68. The summed E-state index contributed by atoms with van der Waals surface area (Å²) < 4.78 is 0. The van der Waals surface area contributed by atoms with E-state index in [1.807, 2.05) is 0 Å². The fourth-order valence-electron chi connectivity index (χ4n) is 2.40. The van der Waals surface area contributed by atoms with Crippen LogP contribution < -0.4 is 5.32 Å². The second-order valence-corrected chi connectivity index (χ2v) is 4.89. The lowest BCUT2D eigenvalue weighted by atomic mass is 9.98. The predicted molar refractivity (Wildman–Crippen MR) is 71.9 cm³/mol. The van der Waals surface area contributed by atoms with Gasteiger partial charge in [0, 0.05) is 13.1 Å². The van der Waals surface area contributed by atoms with E-state index >= 15 is 0 Å². The highest BCUT2D eigenvalue weighted by Crippen LogP contribution is 2.26. The molecule has 17 heavy (non-hydrogen) atoms. The molecule has 0 saturated heterocycles. The van der Waals surface area contributed by atoms with Gasteiger partial charge in [-0.1, -0.05) is 30.3 Å². The quantitative estimate of drug-likeness (QED) is 0.779. The van der Waals surface area contributed by atoms with E-state index in [9.17, 15) is 0 Å². The molecule has 1 heteroatoms. The van der Waals surface area contributed by atoms with Gasteiger partial charge in [0.1, 0.15) is 0 Å². The summed E-state index contributed by atoms with van der Waals surface area (Å²) in [6, 6.07) is 13.5. The molecule has 1 N–H and O–H groups in total. The van der Waals surface area contributed by atoms with Gasteiger partial charge in [0.05, 0.1) is 0 Å². The van der Waals surface area contributed by atoms with Crippen molar-refractivity contribution in [2.75, 3.05) is 0 Å². The Morgan fingerprint density at radius 2 is 1.47 bits per heavy atom. The van der Waals surface area contributed by atoms with Crippen molar-refractivity contribution in [3.63, 3.8) is 0 Å². The zero-order valence-corrected chi connectivity index (χ0v) is 10.4. The molecule has 86 valence electrons. The van der Waals surface area contributed by atoms with Crippen molar-refractivity contribution in [3.8, 4) is 11.1 Å². The molecule has 3 rings (SSSR count). The molecule has 0 spiro atoms. The number of fused-ring (bicyclic) bond motifs is 1. The molecule has 0 amide bonds. The smallest absolute Gasteiger partial charge is 0.0212 e. The molecule has 0 unspecified atom stereocenters. The highest BCUT2D eigenvalue weighted by molar-refractivity contribution is 5.66. The number of hydrogen-bond donors (Lipinski definition) is 1. The number of nitrogens with one attached hydrogen (secondary N) is 1. The monoisotopic (exact) mass is 223 g/mol. The van der Waals surface area contributed by atoms with E-state index in [1.165, 1.54) is 33.4 Å². The van der Waals surface area contributed by atoms with Crippen molar-refractivity contribution in [1.29, 1.82) is 0 Å². The Labute approximate surface area is 102 Å². The highest BCUT2D eigenvalue weighted by Gasteiger charge is 2.10. The molecule has 0 radical (unpaired) electrons. The van der Waals surface area contributed by atoms with E-state index in [2.05, 4.69) is 55.6 Å². The van der Waals surface area contributed by atoms with Crippen molar-refractivity contribution < 1.29 is 0 Å². The summed E-state index contributed by atoms with van der Waals surface area (Å²) in [5.41, 5.74) is 8.26. The van der Waals surface area contributed by atoms with Crippen LogP contribution in [0.4, 0.5) is 0 Å². The van der Waals surface area contributed by atoms with Gasteiger partial charge in [-0.05, 0) is 53.3 Å². The fraction of sp³-hybridized carbons (Fsp3) is 0.250. The van der Waals surface area contributed by atoms with Crippen LogP contribution in [0.5, 0.6) is 0 Å². The maximum absolute atomic E-state index is 3.39. The Hall–Kier alpha value is -1.60. The van der Waals surface area contributed by atoms with Crippen molar-refractivity contribution in [2.45, 2.75) is 26.9 Å². The average molecular weight is 223 g/mol. The normalized spacial score (nSPS) is 13.8. The summed E-state index contributed by atoms with van der Waals surface area (Å²) in [5.74, 6) is 0. The molecule has 0 saturated carbocycles. The molecule has 0 atom stereocenters. The van der Waals surface area contributed by atoms with E-state index in [-0.39, 0.29) is 0 Å². The van der Waals surface area contributed by atoms with Gasteiger partial charge in [-0.15, -0.1) is 0 Å². The predicted octanol–water partition coefficient (Wildman–Crippen LogP) is 3.57. The van der Waals surface area contributed by atoms with Crippen LogP contribution in [0.2, 0.25) is 0 Å². The first-order valence-electron chi connectivity index (χ1n) is 6.14. The molecule has 1 nitrogen and oxygen atoms in total. The number of hydrogen-bond acceptors (Lipinski definition) is 1. The minimum atomic E-state index is 1.01. The minimum absolute atomic E-state index is 1.01. The van der Waals surface area contributed by atoms with Gasteiger partial charge in [0.2, 0.25) is 0 Å². The molecule has 1 aliphatic heterocycles. The van der Waals surface area contributed by atoms with Crippen LogP contribution in [-0.4, -0.2) is 0 Å². The van der Waals surface area contributed by atoms with Crippen LogP contribution in [0, 0.1) is 13.8 Å². The Balaban J connectivity index is 2.06. The third-order valence-corrected chi connectivity index (χ3v) is 3.68. The molecule has 2 aromatic carbocycles. The zero-order chi connectivity index (χ0) is 11.8. The maximum Gasteiger partial charge on any atom is 0.0212 e. The van der Waals surface area contributed by atoms with Gasteiger partial charge >= 0.3 is 0 Å². The summed E-state index contributed by atoms with van der Waals surface area (Å²) in [6.07, 6.45) is 0. The van der Waals surface area contributed by atoms with E-state index in [0.717, 1.165) is 13.1 Å². The third kappa shape index (κ3) is 1.87. The number of benzene rings is 2. The Morgan fingerprint density at radius 1 is 0.765 bits per heavy atom. The topological polar surface area (TPSA) is 12.0 Å². The largest absolute Gasteiger partial charge is 0.309 e. The molecule has 0 fully saturated rings. The van der Waals surface area contributed by atoms with Crippen LogP contribution in [-0.2, 0) is 13.1 Å². The van der Waals surface area contributed by atoms with Crippen LogP contribution in [0.1, 0.15) is 22.3 Å². The molecular weight excluding hydrogens is 206 g/mol. The highest BCUT2D eigenvalue weighted by atomic mass is 14.9. The van der Waals surface area contributed by atoms with Crippen molar-refractivity contribution in [3.05, 3.63) is 58.7 Å². The zero-order valence-electron chi connectivity index (χ0n) is 10.4. The standard InChI is InChI=1S/C16H17N/c1-11-3-4-13(7-12(11)2)14-5-6-15-9-17-10-16(15)8-14/h3-8,17H,9-10H2,1-2H3. The second kappa shape index (κ2) is 4.01. The first-order valence-corrected chi connectivity index (χ1v) is 6.14. The van der Waals surface area contributed by atoms with Crippen molar-refractivity contribution >= 4 is 0 Å². The lowest BCUT2D eigenvalue weighted by Gasteiger charge is -2.07. The van der Waals surface area contributed by atoms with Gasteiger partial charge in [-0.3, -0.25) is 0 Å². The molecular formula is C16H17N. The first kappa shape index (κ1) is 10.5. The Morgan fingerprint density at radius 3 is 2.29 bits per heavy atom. The van der Waals surface area contributed by atoms with E-state index in [0.29, 0.717) is 0 Å². The van der Waals surface area contributed by atoms with E-state index in [1.54, 1.807) is 0 Å². The first-order chi connectivity index (χ1) is 8.24. The van der Waals surface area contributed by atoms with E-state index < -0.39 is 0 Å². The molecule has 0 bridgehead atoms. The van der Waals surface area contributed by atoms with E-state index in [4.69, 9.17) is 0 Å². The summed E-state index contributed by atoms with van der Waals surface area (Å²) in [6.45, 7) is 6.36. The van der Waals surface area contributed by atoms with Gasteiger partial charge in [0.25, 0.3) is 0 Å². The van der Waals surface area contributed by atoms with Crippen molar-refractivity contribution in [1.82, 2.24) is 5.32 Å². The van der Waals surface area contributed by atoms with Crippen LogP contribution >= 0.6 is 0 Å². The lowest BCUT2D eigenvalue weighted by Crippen LogP contribution is -1.99. The van der Waals surface area contributed by atoms with Gasteiger partial charge in [0.15, 0.2) is 0 Å². The molecule has 1 aliphatic rings. The molecule has 1 heterocycles. The van der Waals surface area contributed by atoms with Crippen molar-refractivity contribution in [2.24, 2.45) is 0 Å². The summed E-state index contributed by atoms with van der Waals surface area (Å²) in [4.78, 5) is 0. The summed E-state index contributed by atoms with van der Waals surface area (Å²) in [5, 5.41) is 3.39. The Bertz CT molecular complexity index is 570. The second-order valence-electron chi connectivity index (χ2n) is 4.89. The number of aryl methyl sites for hydroxylation is 2. The fourth-order valence-corrected chi connectivity index (χ4v) is 2.40. The van der Waals surface area contributed by atoms with Gasteiger partial charge in [-0.25, -0.2) is 0 Å². The van der Waals surface area contributed by atoms with Gasteiger partial charge in [-0.2, -0.15) is 0 Å². The molecule has 0 aromatic heterocycles. The molecule has 0 aliphatic carbocycles. The summed E-state index contributed by atoms with van der Waals surface area (Å²) in [7, 11) is 0. The average Bonchev–Trinajstić information content (AvgIpc) is 2.79. The number of rotatable bonds is 1.